The quantitative estimate of drug-likeness (QED) is 0.529. The topological polar surface area (TPSA) is 42.4 Å². The van der Waals surface area contributed by atoms with Gasteiger partial charge in [0.2, 0.25) is 0 Å². The summed E-state index contributed by atoms with van der Waals surface area (Å²) in [5, 5.41) is 9.03. The molecule has 130 valence electrons. The standard InChI is InChI=1S/C23H18BNO2/c26-24-27-21-13-7-12-19(14-21)23-16-20(17-8-3-1-4-9-17)15-22(25-23)18-10-5-2-6-11-18/h1-16,24,26H. The summed E-state index contributed by atoms with van der Waals surface area (Å²) in [6.07, 6.45) is 0. The number of rotatable bonds is 5. The van der Waals surface area contributed by atoms with Gasteiger partial charge in [-0.05, 0) is 35.4 Å². The molecular formula is C23H18BNO2. The van der Waals surface area contributed by atoms with E-state index in [2.05, 4.69) is 36.4 Å². The van der Waals surface area contributed by atoms with Crippen LogP contribution < -0.4 is 4.65 Å². The van der Waals surface area contributed by atoms with E-state index in [1.54, 1.807) is 0 Å². The van der Waals surface area contributed by atoms with Gasteiger partial charge in [0.1, 0.15) is 5.75 Å². The second-order valence-electron chi connectivity index (χ2n) is 6.16. The molecule has 0 radical (unpaired) electrons. The monoisotopic (exact) mass is 351 g/mol. The molecule has 0 spiro atoms. The van der Waals surface area contributed by atoms with E-state index in [1.165, 1.54) is 0 Å². The van der Waals surface area contributed by atoms with E-state index in [-0.39, 0.29) is 7.69 Å². The zero-order valence-electron chi connectivity index (χ0n) is 14.7. The Morgan fingerprint density at radius 1 is 0.593 bits per heavy atom. The Labute approximate surface area is 159 Å². The average Bonchev–Trinajstić information content (AvgIpc) is 2.75. The highest BCUT2D eigenvalue weighted by Crippen LogP contribution is 2.31. The number of hydrogen-bond donors (Lipinski definition) is 1. The normalized spacial score (nSPS) is 10.4. The summed E-state index contributed by atoms with van der Waals surface area (Å²) < 4.78 is 5.23. The molecule has 0 fully saturated rings. The second kappa shape index (κ2) is 7.89. The summed E-state index contributed by atoms with van der Waals surface area (Å²) in [7, 11) is -0.351. The minimum Gasteiger partial charge on any atom is -0.539 e. The molecule has 3 nitrogen and oxygen atoms in total. The van der Waals surface area contributed by atoms with E-state index in [4.69, 9.17) is 14.7 Å². The number of hydrogen-bond acceptors (Lipinski definition) is 3. The molecule has 3 aromatic carbocycles. The van der Waals surface area contributed by atoms with Gasteiger partial charge in [0.15, 0.2) is 0 Å². The van der Waals surface area contributed by atoms with Gasteiger partial charge in [0, 0.05) is 11.1 Å². The van der Waals surface area contributed by atoms with Gasteiger partial charge in [-0.3, -0.25) is 0 Å². The van der Waals surface area contributed by atoms with Crippen LogP contribution in [0.1, 0.15) is 0 Å². The van der Waals surface area contributed by atoms with Crippen molar-refractivity contribution in [2.75, 3.05) is 0 Å². The van der Waals surface area contributed by atoms with E-state index < -0.39 is 0 Å². The van der Waals surface area contributed by atoms with Crippen LogP contribution in [0.3, 0.4) is 0 Å². The van der Waals surface area contributed by atoms with Gasteiger partial charge in [0.25, 0.3) is 0 Å². The maximum Gasteiger partial charge on any atom is 0.504 e. The third-order valence-electron chi connectivity index (χ3n) is 4.36. The Bertz CT molecular complexity index is 979. The molecule has 0 aliphatic carbocycles. The van der Waals surface area contributed by atoms with Crippen molar-refractivity contribution in [1.29, 1.82) is 0 Å². The highest BCUT2D eigenvalue weighted by Gasteiger charge is 2.09. The molecule has 1 aromatic heterocycles. The van der Waals surface area contributed by atoms with Gasteiger partial charge in [-0.2, -0.15) is 0 Å². The molecule has 1 N–H and O–H groups in total. The molecular weight excluding hydrogens is 333 g/mol. The molecule has 27 heavy (non-hydrogen) atoms. The molecule has 4 rings (SSSR count). The fourth-order valence-corrected chi connectivity index (χ4v) is 3.05. The maximum absolute atomic E-state index is 9.03. The summed E-state index contributed by atoms with van der Waals surface area (Å²) in [5.41, 5.74) is 6.03. The van der Waals surface area contributed by atoms with Crippen molar-refractivity contribution in [2.45, 2.75) is 0 Å². The highest BCUT2D eigenvalue weighted by molar-refractivity contribution is 6.17. The van der Waals surface area contributed by atoms with Gasteiger partial charge >= 0.3 is 7.69 Å². The molecule has 0 amide bonds. The zero-order valence-corrected chi connectivity index (χ0v) is 14.7. The lowest BCUT2D eigenvalue weighted by atomic mass is 10.00. The lowest BCUT2D eigenvalue weighted by Gasteiger charge is -2.11. The molecule has 0 aliphatic rings. The number of aromatic nitrogens is 1. The van der Waals surface area contributed by atoms with Crippen LogP contribution in [0.25, 0.3) is 33.6 Å². The van der Waals surface area contributed by atoms with Crippen LogP contribution >= 0.6 is 0 Å². The van der Waals surface area contributed by atoms with E-state index in [0.717, 1.165) is 33.6 Å². The van der Waals surface area contributed by atoms with E-state index in [9.17, 15) is 0 Å². The van der Waals surface area contributed by atoms with Crippen molar-refractivity contribution in [3.05, 3.63) is 97.1 Å². The van der Waals surface area contributed by atoms with Gasteiger partial charge in [-0.15, -0.1) is 0 Å². The third-order valence-corrected chi connectivity index (χ3v) is 4.36. The minimum absolute atomic E-state index is 0.351. The van der Waals surface area contributed by atoms with Crippen LogP contribution in [0.5, 0.6) is 5.75 Å². The average molecular weight is 351 g/mol. The van der Waals surface area contributed by atoms with Crippen LogP contribution in [0.4, 0.5) is 0 Å². The van der Waals surface area contributed by atoms with Gasteiger partial charge < -0.3 is 9.68 Å². The van der Waals surface area contributed by atoms with Gasteiger partial charge in [-0.1, -0.05) is 72.8 Å². The van der Waals surface area contributed by atoms with E-state index in [1.807, 2.05) is 60.7 Å². The summed E-state index contributed by atoms with van der Waals surface area (Å²) in [5.74, 6) is 0.614. The Hall–Kier alpha value is -3.37. The molecule has 4 heteroatoms. The van der Waals surface area contributed by atoms with Gasteiger partial charge in [0.05, 0.1) is 11.4 Å². The van der Waals surface area contributed by atoms with Crippen LogP contribution in [0.2, 0.25) is 0 Å². The first-order valence-electron chi connectivity index (χ1n) is 8.80. The summed E-state index contributed by atoms with van der Waals surface area (Å²) in [4.78, 5) is 4.88. The smallest absolute Gasteiger partial charge is 0.504 e. The summed E-state index contributed by atoms with van der Waals surface area (Å²) in [6.45, 7) is 0. The van der Waals surface area contributed by atoms with Crippen LogP contribution in [-0.2, 0) is 0 Å². The Kier molecular flexibility index (Phi) is 4.99. The number of nitrogens with zero attached hydrogens (tertiary/aromatic N) is 1. The van der Waals surface area contributed by atoms with Crippen molar-refractivity contribution in [1.82, 2.24) is 4.98 Å². The van der Waals surface area contributed by atoms with Crippen molar-refractivity contribution in [2.24, 2.45) is 0 Å². The molecule has 0 atom stereocenters. The first-order valence-corrected chi connectivity index (χ1v) is 8.80. The Morgan fingerprint density at radius 3 is 1.85 bits per heavy atom. The summed E-state index contributed by atoms with van der Waals surface area (Å²) in [6, 6.07) is 32.2. The van der Waals surface area contributed by atoms with Crippen molar-refractivity contribution < 1.29 is 9.68 Å². The van der Waals surface area contributed by atoms with Crippen LogP contribution in [0.15, 0.2) is 97.1 Å². The van der Waals surface area contributed by atoms with Crippen molar-refractivity contribution in [3.63, 3.8) is 0 Å². The van der Waals surface area contributed by atoms with Crippen molar-refractivity contribution >= 4 is 7.69 Å². The second-order valence-corrected chi connectivity index (χ2v) is 6.16. The molecule has 0 aliphatic heterocycles. The zero-order chi connectivity index (χ0) is 18.5. The lowest BCUT2D eigenvalue weighted by Crippen LogP contribution is -1.99. The van der Waals surface area contributed by atoms with E-state index >= 15 is 0 Å². The fourth-order valence-electron chi connectivity index (χ4n) is 3.05. The third kappa shape index (κ3) is 3.91. The fraction of sp³-hybridized carbons (Fsp3) is 0. The molecule has 0 saturated heterocycles. The largest absolute Gasteiger partial charge is 0.539 e. The first kappa shape index (κ1) is 17.1. The van der Waals surface area contributed by atoms with Crippen molar-refractivity contribution in [3.8, 4) is 39.4 Å². The van der Waals surface area contributed by atoms with Crippen LogP contribution in [-0.4, -0.2) is 17.7 Å². The molecule has 4 aromatic rings. The maximum atomic E-state index is 9.03. The first-order chi connectivity index (χ1) is 13.3. The molecule has 0 saturated carbocycles. The Balaban J connectivity index is 1.87. The molecule has 1 heterocycles. The molecule has 0 bridgehead atoms. The Morgan fingerprint density at radius 2 is 1.19 bits per heavy atom. The van der Waals surface area contributed by atoms with Gasteiger partial charge in [-0.25, -0.2) is 4.98 Å². The SMILES string of the molecule is OBOc1cccc(-c2cc(-c3ccccc3)cc(-c3ccccc3)n2)c1. The molecule has 0 unspecified atom stereocenters. The van der Waals surface area contributed by atoms with Crippen LogP contribution in [0, 0.1) is 0 Å². The number of benzene rings is 3. The summed E-state index contributed by atoms with van der Waals surface area (Å²) >= 11 is 0. The highest BCUT2D eigenvalue weighted by atomic mass is 16.5. The van der Waals surface area contributed by atoms with E-state index in [0.29, 0.717) is 5.75 Å². The lowest BCUT2D eigenvalue weighted by molar-refractivity contribution is 0.454. The predicted molar refractivity (Wildman–Crippen MR) is 111 cm³/mol. The number of pyridine rings is 1. The minimum atomic E-state index is -0.351. The predicted octanol–water partition coefficient (Wildman–Crippen LogP) is 4.72.